The summed E-state index contributed by atoms with van der Waals surface area (Å²) in [6.45, 7) is 6.51. The third kappa shape index (κ3) is 3.32. The van der Waals surface area contributed by atoms with Gasteiger partial charge in [-0.15, -0.1) is 0 Å². The fraction of sp³-hybridized carbons (Fsp3) is 0.333. The van der Waals surface area contributed by atoms with Crippen LogP contribution in [-0.4, -0.2) is 42.8 Å². The number of para-hydroxylation sites is 1. The van der Waals surface area contributed by atoms with E-state index in [1.807, 2.05) is 37.3 Å². The Morgan fingerprint density at radius 3 is 2.54 bits per heavy atom. The van der Waals surface area contributed by atoms with Crippen molar-refractivity contribution < 1.29 is 14.4 Å². The summed E-state index contributed by atoms with van der Waals surface area (Å²) in [4.78, 5) is 7.06. The minimum Gasteiger partial charge on any atom is -0.382 e. The first-order valence-corrected chi connectivity index (χ1v) is 9.21. The lowest BCUT2D eigenvalue weighted by atomic mass is 10.0. The highest BCUT2D eigenvalue weighted by Crippen LogP contribution is 2.27. The van der Waals surface area contributed by atoms with E-state index in [9.17, 15) is 9.50 Å². The van der Waals surface area contributed by atoms with Crippen molar-refractivity contribution in [3.63, 3.8) is 0 Å². The summed E-state index contributed by atoms with van der Waals surface area (Å²) in [5, 5.41) is 12.0. The second-order valence-electron chi connectivity index (χ2n) is 7.14. The largest absolute Gasteiger partial charge is 0.382 e. The number of aliphatic hydroxyl groups is 1. The Morgan fingerprint density at radius 1 is 1.12 bits per heavy atom. The molecule has 1 aliphatic heterocycles. The molecule has 5 heteroatoms. The van der Waals surface area contributed by atoms with Crippen LogP contribution in [0.3, 0.4) is 0 Å². The molecule has 136 valence electrons. The lowest BCUT2D eigenvalue weighted by molar-refractivity contribution is -0.904. The Labute approximate surface area is 152 Å². The van der Waals surface area contributed by atoms with E-state index in [1.165, 1.54) is 17.0 Å². The smallest absolute Gasteiger partial charge is 0.130 e. The zero-order valence-electron chi connectivity index (χ0n) is 15.0. The number of rotatable bonds is 4. The van der Waals surface area contributed by atoms with Gasteiger partial charge in [0.15, 0.2) is 0 Å². The molecule has 4 nitrogen and oxygen atoms in total. The first-order valence-electron chi connectivity index (χ1n) is 9.21. The third-order valence-electron chi connectivity index (χ3n) is 5.42. The molecule has 1 fully saturated rings. The standard InChI is InChI=1S/C21H24FN3O/c1-15-21(18-4-2-3-5-19(18)23-15)20(26)14-24-10-12-25(13-11-24)17-8-6-16(22)7-9-17/h2-9,20,23,26H,10-14H2,1H3/p+1/t20-/m0/s1. The molecule has 0 bridgehead atoms. The summed E-state index contributed by atoms with van der Waals surface area (Å²) in [7, 11) is 0. The van der Waals surface area contributed by atoms with Gasteiger partial charge < -0.3 is 19.9 Å². The molecule has 4 rings (SSSR count). The van der Waals surface area contributed by atoms with Gasteiger partial charge in [0.1, 0.15) is 18.5 Å². The van der Waals surface area contributed by atoms with Crippen molar-refractivity contribution in [1.29, 1.82) is 0 Å². The highest BCUT2D eigenvalue weighted by atomic mass is 19.1. The number of benzene rings is 2. The van der Waals surface area contributed by atoms with E-state index in [0.29, 0.717) is 6.54 Å². The maximum atomic E-state index is 13.1. The lowest BCUT2D eigenvalue weighted by Crippen LogP contribution is -3.15. The molecule has 3 aromatic rings. The minimum atomic E-state index is -0.474. The molecule has 1 aromatic heterocycles. The molecule has 2 heterocycles. The van der Waals surface area contributed by atoms with Crippen molar-refractivity contribution in [3.8, 4) is 0 Å². The number of anilines is 1. The van der Waals surface area contributed by atoms with E-state index in [-0.39, 0.29) is 5.82 Å². The fourth-order valence-corrected chi connectivity index (χ4v) is 4.04. The summed E-state index contributed by atoms with van der Waals surface area (Å²) in [5.74, 6) is -0.199. The maximum absolute atomic E-state index is 13.1. The summed E-state index contributed by atoms with van der Waals surface area (Å²) < 4.78 is 13.1. The molecule has 1 aliphatic rings. The zero-order chi connectivity index (χ0) is 18.1. The number of aryl methyl sites for hydroxylation is 1. The van der Waals surface area contributed by atoms with E-state index in [2.05, 4.69) is 16.0 Å². The lowest BCUT2D eigenvalue weighted by Gasteiger charge is -2.34. The average Bonchev–Trinajstić information content (AvgIpc) is 2.99. The molecule has 2 aromatic carbocycles. The number of nitrogens with one attached hydrogen (secondary N) is 2. The van der Waals surface area contributed by atoms with Crippen LogP contribution in [0.25, 0.3) is 10.9 Å². The summed E-state index contributed by atoms with van der Waals surface area (Å²) in [5.41, 5.74) is 4.21. The third-order valence-corrected chi connectivity index (χ3v) is 5.42. The number of fused-ring (bicyclic) bond motifs is 1. The Balaban J connectivity index is 1.41. The van der Waals surface area contributed by atoms with Gasteiger partial charge in [0, 0.05) is 27.8 Å². The number of aromatic nitrogens is 1. The Bertz CT molecular complexity index is 882. The molecular formula is C21H25FN3O+. The number of piperazine rings is 1. The number of hydrogen-bond donors (Lipinski definition) is 3. The molecule has 26 heavy (non-hydrogen) atoms. The average molecular weight is 354 g/mol. The summed E-state index contributed by atoms with van der Waals surface area (Å²) in [6.07, 6.45) is -0.474. The molecule has 0 saturated carbocycles. The Hall–Kier alpha value is -2.37. The van der Waals surface area contributed by atoms with E-state index in [1.54, 1.807) is 0 Å². The number of hydrogen-bond acceptors (Lipinski definition) is 2. The maximum Gasteiger partial charge on any atom is 0.130 e. The van der Waals surface area contributed by atoms with Crippen molar-refractivity contribution in [2.45, 2.75) is 13.0 Å². The number of halogens is 1. The predicted octanol–water partition coefficient (Wildman–Crippen LogP) is 2.05. The van der Waals surface area contributed by atoms with Gasteiger partial charge in [-0.1, -0.05) is 18.2 Å². The van der Waals surface area contributed by atoms with Crippen LogP contribution in [0, 0.1) is 12.7 Å². The molecule has 1 atom stereocenters. The SMILES string of the molecule is Cc1[nH]c2ccccc2c1[C@@H](O)C[NH+]1CCN(c2ccc(F)cc2)CC1. The van der Waals surface area contributed by atoms with E-state index < -0.39 is 6.10 Å². The van der Waals surface area contributed by atoms with Gasteiger partial charge in [-0.05, 0) is 37.3 Å². The van der Waals surface area contributed by atoms with Gasteiger partial charge in [0.2, 0.25) is 0 Å². The molecule has 3 N–H and O–H groups in total. The van der Waals surface area contributed by atoms with Gasteiger partial charge in [-0.25, -0.2) is 4.39 Å². The van der Waals surface area contributed by atoms with Crippen LogP contribution in [0.5, 0.6) is 0 Å². The van der Waals surface area contributed by atoms with Gasteiger partial charge in [-0.2, -0.15) is 0 Å². The van der Waals surface area contributed by atoms with Gasteiger partial charge in [0.25, 0.3) is 0 Å². The fourth-order valence-electron chi connectivity index (χ4n) is 4.04. The van der Waals surface area contributed by atoms with Crippen LogP contribution >= 0.6 is 0 Å². The summed E-state index contributed by atoms with van der Waals surface area (Å²) >= 11 is 0. The van der Waals surface area contributed by atoms with E-state index >= 15 is 0 Å². The normalized spacial score (nSPS) is 17.0. The van der Waals surface area contributed by atoms with Crippen LogP contribution in [0.4, 0.5) is 10.1 Å². The van der Waals surface area contributed by atoms with Crippen molar-refractivity contribution in [3.05, 3.63) is 65.6 Å². The van der Waals surface area contributed by atoms with Crippen molar-refractivity contribution in [2.75, 3.05) is 37.6 Å². The monoisotopic (exact) mass is 354 g/mol. The molecule has 0 unspecified atom stereocenters. The number of aromatic amines is 1. The number of H-pyrrole nitrogens is 1. The summed E-state index contributed by atoms with van der Waals surface area (Å²) in [6, 6.07) is 14.8. The Kier molecular flexibility index (Phi) is 4.66. The molecule has 0 aliphatic carbocycles. The second-order valence-corrected chi connectivity index (χ2v) is 7.14. The van der Waals surface area contributed by atoms with Gasteiger partial charge in [0.05, 0.1) is 26.2 Å². The van der Waals surface area contributed by atoms with Crippen LogP contribution < -0.4 is 9.80 Å². The first-order chi connectivity index (χ1) is 12.6. The quantitative estimate of drug-likeness (QED) is 0.671. The highest BCUT2D eigenvalue weighted by Gasteiger charge is 2.25. The molecule has 1 saturated heterocycles. The van der Waals surface area contributed by atoms with Gasteiger partial charge >= 0.3 is 0 Å². The molecule has 0 radical (unpaired) electrons. The molecular weight excluding hydrogens is 329 g/mol. The predicted molar refractivity (Wildman–Crippen MR) is 102 cm³/mol. The first kappa shape index (κ1) is 17.1. The topological polar surface area (TPSA) is 43.7 Å². The van der Waals surface area contributed by atoms with Gasteiger partial charge in [-0.3, -0.25) is 0 Å². The number of quaternary nitrogens is 1. The van der Waals surface area contributed by atoms with Crippen LogP contribution in [0.15, 0.2) is 48.5 Å². The van der Waals surface area contributed by atoms with E-state index in [4.69, 9.17) is 0 Å². The molecule has 0 amide bonds. The number of nitrogens with zero attached hydrogens (tertiary/aromatic N) is 1. The van der Waals surface area contributed by atoms with Crippen molar-refractivity contribution in [1.82, 2.24) is 4.98 Å². The van der Waals surface area contributed by atoms with Crippen LogP contribution in [0.1, 0.15) is 17.4 Å². The van der Waals surface area contributed by atoms with E-state index in [0.717, 1.165) is 54.0 Å². The van der Waals surface area contributed by atoms with Crippen molar-refractivity contribution >= 4 is 16.6 Å². The number of aliphatic hydroxyl groups excluding tert-OH is 1. The minimum absolute atomic E-state index is 0.199. The Morgan fingerprint density at radius 2 is 1.81 bits per heavy atom. The van der Waals surface area contributed by atoms with Crippen LogP contribution in [0.2, 0.25) is 0 Å². The highest BCUT2D eigenvalue weighted by molar-refractivity contribution is 5.84. The van der Waals surface area contributed by atoms with Crippen molar-refractivity contribution in [2.24, 2.45) is 0 Å². The molecule has 0 spiro atoms. The second kappa shape index (κ2) is 7.09. The zero-order valence-corrected chi connectivity index (χ0v) is 15.0. The van der Waals surface area contributed by atoms with Crippen LogP contribution in [-0.2, 0) is 0 Å².